The van der Waals surface area contributed by atoms with E-state index in [1.165, 1.54) is 9.79 Å². The Morgan fingerprint density at radius 2 is 2.07 bits per heavy atom. The standard InChI is InChI=1S/C10H10BrNS2/c1-13-9-6-7(3-4-12)5-8(11)10(9)14-2/h5-6H,3H2,1-2H3. The molecule has 0 fully saturated rings. The van der Waals surface area contributed by atoms with Gasteiger partial charge in [0.25, 0.3) is 0 Å². The molecule has 0 spiro atoms. The van der Waals surface area contributed by atoms with E-state index in [4.69, 9.17) is 5.26 Å². The fraction of sp³-hybridized carbons (Fsp3) is 0.300. The van der Waals surface area contributed by atoms with Gasteiger partial charge >= 0.3 is 0 Å². The van der Waals surface area contributed by atoms with Gasteiger partial charge in [0.2, 0.25) is 0 Å². The van der Waals surface area contributed by atoms with E-state index in [0.29, 0.717) is 6.42 Å². The third-order valence-corrected chi connectivity index (χ3v) is 4.40. The van der Waals surface area contributed by atoms with E-state index in [1.54, 1.807) is 23.5 Å². The predicted octanol–water partition coefficient (Wildman–Crippen LogP) is 3.96. The molecule has 0 saturated carbocycles. The molecule has 1 rings (SSSR count). The molecule has 74 valence electrons. The molecule has 1 aromatic rings. The molecule has 1 nitrogen and oxygen atoms in total. The molecule has 0 saturated heterocycles. The number of benzene rings is 1. The van der Waals surface area contributed by atoms with Gasteiger partial charge in [-0.25, -0.2) is 0 Å². The molecular weight excluding hydrogens is 278 g/mol. The molecule has 0 radical (unpaired) electrons. The minimum absolute atomic E-state index is 0.473. The fourth-order valence-electron chi connectivity index (χ4n) is 1.16. The van der Waals surface area contributed by atoms with Gasteiger partial charge in [-0.2, -0.15) is 5.26 Å². The van der Waals surface area contributed by atoms with Crippen LogP contribution in [0.3, 0.4) is 0 Å². The van der Waals surface area contributed by atoms with Crippen LogP contribution in [0.4, 0.5) is 0 Å². The van der Waals surface area contributed by atoms with Crippen molar-refractivity contribution in [1.82, 2.24) is 0 Å². The highest BCUT2D eigenvalue weighted by Gasteiger charge is 2.07. The van der Waals surface area contributed by atoms with Crippen LogP contribution < -0.4 is 0 Å². The topological polar surface area (TPSA) is 23.8 Å². The predicted molar refractivity (Wildman–Crippen MR) is 67.0 cm³/mol. The van der Waals surface area contributed by atoms with E-state index in [1.807, 2.05) is 6.07 Å². The lowest BCUT2D eigenvalue weighted by Crippen LogP contribution is -1.87. The second-order valence-electron chi connectivity index (χ2n) is 2.65. The van der Waals surface area contributed by atoms with Crippen LogP contribution in [0.1, 0.15) is 5.56 Å². The number of nitrogens with zero attached hydrogens (tertiary/aromatic N) is 1. The van der Waals surface area contributed by atoms with E-state index in [2.05, 4.69) is 40.6 Å². The van der Waals surface area contributed by atoms with E-state index in [0.717, 1.165) is 10.0 Å². The molecule has 0 aliphatic rings. The van der Waals surface area contributed by atoms with Crippen molar-refractivity contribution in [3.8, 4) is 6.07 Å². The summed E-state index contributed by atoms with van der Waals surface area (Å²) in [7, 11) is 0. The Labute approximate surface area is 101 Å². The lowest BCUT2D eigenvalue weighted by Gasteiger charge is -2.08. The Morgan fingerprint density at radius 1 is 1.36 bits per heavy atom. The van der Waals surface area contributed by atoms with Crippen LogP contribution in [0.5, 0.6) is 0 Å². The monoisotopic (exact) mass is 287 g/mol. The molecular formula is C10H10BrNS2. The molecule has 1 aromatic carbocycles. The van der Waals surface area contributed by atoms with Gasteiger partial charge in [0, 0.05) is 14.3 Å². The van der Waals surface area contributed by atoms with Crippen LogP contribution in [-0.4, -0.2) is 12.5 Å². The van der Waals surface area contributed by atoms with Gasteiger partial charge in [-0.3, -0.25) is 0 Å². The van der Waals surface area contributed by atoms with Crippen molar-refractivity contribution in [3.05, 3.63) is 22.2 Å². The Morgan fingerprint density at radius 3 is 2.57 bits per heavy atom. The molecule has 0 aliphatic carbocycles. The minimum atomic E-state index is 0.473. The Balaban J connectivity index is 3.18. The van der Waals surface area contributed by atoms with Crippen molar-refractivity contribution in [3.63, 3.8) is 0 Å². The maximum atomic E-state index is 8.62. The lowest BCUT2D eigenvalue weighted by molar-refractivity contribution is 1.15. The highest BCUT2D eigenvalue weighted by Crippen LogP contribution is 2.35. The molecule has 0 amide bonds. The minimum Gasteiger partial charge on any atom is -0.198 e. The third-order valence-electron chi connectivity index (χ3n) is 1.78. The number of thioether (sulfide) groups is 2. The van der Waals surface area contributed by atoms with Crippen molar-refractivity contribution in [2.24, 2.45) is 0 Å². The summed E-state index contributed by atoms with van der Waals surface area (Å²) in [4.78, 5) is 2.48. The first kappa shape index (κ1) is 12.0. The maximum absolute atomic E-state index is 8.62. The van der Waals surface area contributed by atoms with Crippen LogP contribution in [-0.2, 0) is 6.42 Å². The van der Waals surface area contributed by atoms with Crippen molar-refractivity contribution in [2.75, 3.05) is 12.5 Å². The summed E-state index contributed by atoms with van der Waals surface area (Å²) in [5.41, 5.74) is 1.07. The quantitative estimate of drug-likeness (QED) is 0.787. The second kappa shape index (κ2) is 5.69. The Bertz CT molecular complexity index is 371. The molecule has 0 atom stereocenters. The number of hydrogen-bond donors (Lipinski definition) is 0. The summed E-state index contributed by atoms with van der Waals surface area (Å²) in [5, 5.41) is 8.62. The normalized spacial score (nSPS) is 9.86. The summed E-state index contributed by atoms with van der Waals surface area (Å²) < 4.78 is 1.09. The van der Waals surface area contributed by atoms with E-state index < -0.39 is 0 Å². The number of rotatable bonds is 3. The summed E-state index contributed by atoms with van der Waals surface area (Å²) in [6, 6.07) is 6.27. The molecule has 0 aliphatic heterocycles. The van der Waals surface area contributed by atoms with Crippen molar-refractivity contribution in [1.29, 1.82) is 5.26 Å². The lowest BCUT2D eigenvalue weighted by atomic mass is 10.2. The van der Waals surface area contributed by atoms with Crippen molar-refractivity contribution >= 4 is 39.5 Å². The smallest absolute Gasteiger partial charge is 0.0669 e. The van der Waals surface area contributed by atoms with Gasteiger partial charge in [-0.1, -0.05) is 0 Å². The van der Waals surface area contributed by atoms with Crippen LogP contribution in [0.2, 0.25) is 0 Å². The molecule has 0 heterocycles. The van der Waals surface area contributed by atoms with Gasteiger partial charge in [0.1, 0.15) is 0 Å². The third kappa shape index (κ3) is 2.69. The van der Waals surface area contributed by atoms with Crippen LogP contribution in [0.15, 0.2) is 26.4 Å². The first-order chi connectivity index (χ1) is 6.72. The van der Waals surface area contributed by atoms with Gasteiger partial charge in [-0.05, 0) is 46.1 Å². The number of nitriles is 1. The summed E-state index contributed by atoms with van der Waals surface area (Å²) in [6.07, 6.45) is 4.59. The maximum Gasteiger partial charge on any atom is 0.0669 e. The van der Waals surface area contributed by atoms with Crippen LogP contribution in [0.25, 0.3) is 0 Å². The highest BCUT2D eigenvalue weighted by atomic mass is 79.9. The van der Waals surface area contributed by atoms with Crippen molar-refractivity contribution < 1.29 is 0 Å². The van der Waals surface area contributed by atoms with Crippen molar-refractivity contribution in [2.45, 2.75) is 16.2 Å². The molecule has 0 bridgehead atoms. The second-order valence-corrected chi connectivity index (χ2v) is 5.17. The average molecular weight is 288 g/mol. The largest absolute Gasteiger partial charge is 0.198 e. The molecule has 4 heteroatoms. The number of hydrogen-bond acceptors (Lipinski definition) is 3. The fourth-order valence-corrected chi connectivity index (χ4v) is 3.87. The SMILES string of the molecule is CSc1cc(CC#N)cc(Br)c1SC. The molecule has 0 N–H and O–H groups in total. The average Bonchev–Trinajstić information content (AvgIpc) is 2.17. The number of halogens is 1. The van der Waals surface area contributed by atoms with E-state index in [9.17, 15) is 0 Å². The van der Waals surface area contributed by atoms with Crippen LogP contribution >= 0.6 is 39.5 Å². The summed E-state index contributed by atoms with van der Waals surface area (Å²) in [5.74, 6) is 0. The highest BCUT2D eigenvalue weighted by molar-refractivity contribution is 9.10. The summed E-state index contributed by atoms with van der Waals surface area (Å²) >= 11 is 6.96. The molecule has 14 heavy (non-hydrogen) atoms. The zero-order valence-corrected chi connectivity index (χ0v) is 11.2. The van der Waals surface area contributed by atoms with E-state index in [-0.39, 0.29) is 0 Å². The zero-order chi connectivity index (χ0) is 10.6. The first-order valence-corrected chi connectivity index (χ1v) is 7.24. The van der Waals surface area contributed by atoms with Gasteiger partial charge in [0.15, 0.2) is 0 Å². The Hall–Kier alpha value is -0.110. The zero-order valence-electron chi connectivity index (χ0n) is 8.00. The summed E-state index contributed by atoms with van der Waals surface area (Å²) in [6.45, 7) is 0. The molecule has 0 aromatic heterocycles. The first-order valence-electron chi connectivity index (χ1n) is 4.00. The Kier molecular flexibility index (Phi) is 4.86. The molecule has 0 unspecified atom stereocenters. The van der Waals surface area contributed by atoms with Gasteiger partial charge in [0.05, 0.1) is 12.5 Å². The van der Waals surface area contributed by atoms with Crippen LogP contribution in [0, 0.1) is 11.3 Å². The van der Waals surface area contributed by atoms with Gasteiger partial charge in [-0.15, -0.1) is 23.5 Å². The van der Waals surface area contributed by atoms with E-state index >= 15 is 0 Å². The van der Waals surface area contributed by atoms with Gasteiger partial charge < -0.3 is 0 Å².